The molecule has 25 heavy (non-hydrogen) atoms. The zero-order valence-electron chi connectivity index (χ0n) is 13.4. The van der Waals surface area contributed by atoms with Crippen molar-refractivity contribution in [2.75, 3.05) is 6.61 Å². The van der Waals surface area contributed by atoms with Crippen molar-refractivity contribution in [2.45, 2.75) is 0 Å². The number of benzene rings is 3. The third-order valence-electron chi connectivity index (χ3n) is 3.79. The van der Waals surface area contributed by atoms with Crippen molar-refractivity contribution in [3.05, 3.63) is 77.6 Å². The molecule has 3 heteroatoms. The number of halogens is 1. The summed E-state index contributed by atoms with van der Waals surface area (Å²) < 4.78 is 19.2. The first-order chi connectivity index (χ1) is 12.2. The van der Waals surface area contributed by atoms with Crippen LogP contribution in [-0.4, -0.2) is 6.61 Å². The van der Waals surface area contributed by atoms with E-state index in [9.17, 15) is 9.65 Å². The van der Waals surface area contributed by atoms with Gasteiger partial charge in [0.2, 0.25) is 0 Å². The van der Waals surface area contributed by atoms with Gasteiger partial charge in [-0.15, -0.1) is 6.42 Å². The van der Waals surface area contributed by atoms with E-state index in [2.05, 4.69) is 12.0 Å². The van der Waals surface area contributed by atoms with Gasteiger partial charge in [0.15, 0.2) is 0 Å². The summed E-state index contributed by atoms with van der Waals surface area (Å²) >= 11 is 0. The normalized spacial score (nSPS) is 10.9. The van der Waals surface area contributed by atoms with E-state index in [4.69, 9.17) is 11.2 Å². The van der Waals surface area contributed by atoms with Crippen LogP contribution in [0.15, 0.2) is 60.7 Å². The first-order valence-electron chi connectivity index (χ1n) is 7.68. The average molecular weight is 327 g/mol. The van der Waals surface area contributed by atoms with Crippen LogP contribution in [0.1, 0.15) is 11.1 Å². The molecule has 120 valence electrons. The standard InChI is InChI=1S/C22H14FNO/c1-2-12-25-22-11-10-16-6-3-4-9-20(16)21(22)14-18(15-24)17-7-5-8-19(23)13-17/h1,3-11,13-14H,12H2/b18-14-. The van der Waals surface area contributed by atoms with Gasteiger partial charge in [-0.2, -0.15) is 5.26 Å². The summed E-state index contributed by atoms with van der Waals surface area (Å²) in [4.78, 5) is 0. The van der Waals surface area contributed by atoms with Crippen molar-refractivity contribution in [1.82, 2.24) is 0 Å². The summed E-state index contributed by atoms with van der Waals surface area (Å²) in [5.41, 5.74) is 1.61. The highest BCUT2D eigenvalue weighted by Gasteiger charge is 2.10. The van der Waals surface area contributed by atoms with Gasteiger partial charge >= 0.3 is 0 Å². The Morgan fingerprint density at radius 2 is 1.96 bits per heavy atom. The van der Waals surface area contributed by atoms with Crippen LogP contribution in [0.3, 0.4) is 0 Å². The Morgan fingerprint density at radius 1 is 1.12 bits per heavy atom. The van der Waals surface area contributed by atoms with Gasteiger partial charge in [-0.25, -0.2) is 4.39 Å². The van der Waals surface area contributed by atoms with E-state index in [1.807, 2.05) is 36.4 Å². The first kappa shape index (κ1) is 16.3. The fourth-order valence-electron chi connectivity index (χ4n) is 2.65. The van der Waals surface area contributed by atoms with Crippen LogP contribution in [0, 0.1) is 29.5 Å². The van der Waals surface area contributed by atoms with Crippen LogP contribution in [0.4, 0.5) is 4.39 Å². The number of rotatable bonds is 4. The summed E-state index contributed by atoms with van der Waals surface area (Å²) in [5.74, 6) is 2.64. The van der Waals surface area contributed by atoms with Crippen molar-refractivity contribution in [3.8, 4) is 24.2 Å². The third-order valence-corrected chi connectivity index (χ3v) is 3.79. The van der Waals surface area contributed by atoms with Crippen LogP contribution in [0.2, 0.25) is 0 Å². The second-order valence-corrected chi connectivity index (χ2v) is 5.37. The number of allylic oxidation sites excluding steroid dienone is 1. The van der Waals surface area contributed by atoms with Crippen LogP contribution >= 0.6 is 0 Å². The molecule has 0 aliphatic rings. The molecule has 0 unspecified atom stereocenters. The minimum absolute atomic E-state index is 0.126. The molecule has 0 fully saturated rings. The van der Waals surface area contributed by atoms with Crippen LogP contribution in [0.25, 0.3) is 22.4 Å². The van der Waals surface area contributed by atoms with Gasteiger partial charge in [0, 0.05) is 5.56 Å². The quantitative estimate of drug-likeness (QED) is 0.381. The molecule has 0 aliphatic carbocycles. The van der Waals surface area contributed by atoms with Crippen molar-refractivity contribution in [3.63, 3.8) is 0 Å². The lowest BCUT2D eigenvalue weighted by Crippen LogP contribution is -1.96. The predicted octanol–water partition coefficient (Wildman–Crippen LogP) is 5.06. The highest BCUT2D eigenvalue weighted by Crippen LogP contribution is 2.32. The summed E-state index contributed by atoms with van der Waals surface area (Å²) in [6.07, 6.45) is 7.00. The molecule has 0 bridgehead atoms. The molecule has 3 aromatic rings. The fraction of sp³-hybridized carbons (Fsp3) is 0.0455. The number of nitriles is 1. The van der Waals surface area contributed by atoms with Gasteiger partial charge in [-0.05, 0) is 40.6 Å². The van der Waals surface area contributed by atoms with Gasteiger partial charge < -0.3 is 4.74 Å². The predicted molar refractivity (Wildman–Crippen MR) is 98.2 cm³/mol. The van der Waals surface area contributed by atoms with E-state index in [0.717, 1.165) is 16.3 Å². The van der Waals surface area contributed by atoms with Crippen LogP contribution < -0.4 is 4.74 Å². The smallest absolute Gasteiger partial charge is 0.148 e. The lowest BCUT2D eigenvalue weighted by Gasteiger charge is -2.11. The van der Waals surface area contributed by atoms with Gasteiger partial charge in [-0.1, -0.05) is 48.4 Å². The number of hydrogen-bond donors (Lipinski definition) is 0. The highest BCUT2D eigenvalue weighted by molar-refractivity contribution is 6.00. The Kier molecular flexibility index (Phi) is 4.79. The van der Waals surface area contributed by atoms with Crippen molar-refractivity contribution < 1.29 is 9.13 Å². The number of nitrogens with zero attached hydrogens (tertiary/aromatic N) is 1. The van der Waals surface area contributed by atoms with Gasteiger partial charge in [-0.3, -0.25) is 0 Å². The van der Waals surface area contributed by atoms with E-state index in [-0.39, 0.29) is 12.4 Å². The van der Waals surface area contributed by atoms with E-state index in [1.165, 1.54) is 12.1 Å². The largest absolute Gasteiger partial charge is 0.480 e. The summed E-state index contributed by atoms with van der Waals surface area (Å²) in [6.45, 7) is 0.126. The molecule has 0 saturated heterocycles. The molecule has 2 nitrogen and oxygen atoms in total. The van der Waals surface area contributed by atoms with E-state index in [0.29, 0.717) is 16.9 Å². The zero-order valence-corrected chi connectivity index (χ0v) is 13.4. The molecular formula is C22H14FNO. The molecular weight excluding hydrogens is 313 g/mol. The monoisotopic (exact) mass is 327 g/mol. The van der Waals surface area contributed by atoms with Gasteiger partial charge in [0.1, 0.15) is 18.2 Å². The maximum atomic E-state index is 13.5. The Morgan fingerprint density at radius 3 is 2.72 bits per heavy atom. The van der Waals surface area contributed by atoms with E-state index < -0.39 is 0 Å². The SMILES string of the molecule is C#CCOc1ccc2ccccc2c1/C=C(/C#N)c1cccc(F)c1. The van der Waals surface area contributed by atoms with Gasteiger partial charge in [0.05, 0.1) is 11.6 Å². The molecule has 0 heterocycles. The number of ether oxygens (including phenoxy) is 1. The van der Waals surface area contributed by atoms with Crippen molar-refractivity contribution in [2.24, 2.45) is 0 Å². The molecule has 3 rings (SSSR count). The molecule has 0 saturated carbocycles. The van der Waals surface area contributed by atoms with Crippen molar-refractivity contribution in [1.29, 1.82) is 5.26 Å². The molecule has 3 aromatic carbocycles. The highest BCUT2D eigenvalue weighted by atomic mass is 19.1. The number of hydrogen-bond acceptors (Lipinski definition) is 2. The number of fused-ring (bicyclic) bond motifs is 1. The molecule has 0 N–H and O–H groups in total. The van der Waals surface area contributed by atoms with E-state index >= 15 is 0 Å². The molecule has 0 aromatic heterocycles. The Bertz CT molecular complexity index is 1040. The minimum atomic E-state index is -0.389. The maximum absolute atomic E-state index is 13.5. The Hall–Kier alpha value is -3.56. The van der Waals surface area contributed by atoms with Crippen LogP contribution in [0.5, 0.6) is 5.75 Å². The Balaban J connectivity index is 2.21. The third kappa shape index (κ3) is 3.52. The summed E-state index contributed by atoms with van der Waals surface area (Å²) in [5, 5.41) is 11.5. The molecule has 0 atom stereocenters. The molecule has 0 radical (unpaired) electrons. The Labute approximate surface area is 145 Å². The average Bonchev–Trinajstić information content (AvgIpc) is 2.64. The second-order valence-electron chi connectivity index (χ2n) is 5.37. The molecule has 0 amide bonds. The van der Waals surface area contributed by atoms with Crippen molar-refractivity contribution >= 4 is 22.4 Å². The van der Waals surface area contributed by atoms with E-state index in [1.54, 1.807) is 18.2 Å². The fourth-order valence-corrected chi connectivity index (χ4v) is 2.65. The minimum Gasteiger partial charge on any atom is -0.480 e. The number of terminal acetylenes is 1. The first-order valence-corrected chi connectivity index (χ1v) is 7.68. The molecule has 0 spiro atoms. The lowest BCUT2D eigenvalue weighted by molar-refractivity contribution is 0.370. The summed E-state index contributed by atoms with van der Waals surface area (Å²) in [6, 6.07) is 19.6. The lowest BCUT2D eigenvalue weighted by atomic mass is 9.98. The molecule has 0 aliphatic heterocycles. The second kappa shape index (κ2) is 7.34. The van der Waals surface area contributed by atoms with Gasteiger partial charge in [0.25, 0.3) is 0 Å². The maximum Gasteiger partial charge on any atom is 0.148 e. The summed E-state index contributed by atoms with van der Waals surface area (Å²) in [7, 11) is 0. The topological polar surface area (TPSA) is 33.0 Å². The van der Waals surface area contributed by atoms with Crippen LogP contribution in [-0.2, 0) is 0 Å². The zero-order chi connectivity index (χ0) is 17.6.